The van der Waals surface area contributed by atoms with Gasteiger partial charge in [-0.1, -0.05) is 12.8 Å². The van der Waals surface area contributed by atoms with Crippen molar-refractivity contribution in [3.63, 3.8) is 0 Å². The first-order valence-corrected chi connectivity index (χ1v) is 4.65. The minimum absolute atomic E-state index is 0.452. The quantitative estimate of drug-likeness (QED) is 0.310. The van der Waals surface area contributed by atoms with Gasteiger partial charge in [0.1, 0.15) is 0 Å². The Hall–Kier alpha value is -1.01. The maximum atomic E-state index is 11.2. The van der Waals surface area contributed by atoms with Gasteiger partial charge >= 0.3 is 5.97 Å². The van der Waals surface area contributed by atoms with Crippen molar-refractivity contribution in [2.75, 3.05) is 0 Å². The second kappa shape index (κ2) is 5.02. The highest BCUT2D eigenvalue weighted by molar-refractivity contribution is 6.40. The van der Waals surface area contributed by atoms with E-state index in [4.69, 9.17) is 22.8 Å². The average Bonchev–Trinajstić information content (AvgIpc) is 2.16. The van der Waals surface area contributed by atoms with Gasteiger partial charge in [0, 0.05) is 0 Å². The predicted octanol–water partition coefficient (Wildman–Crippen LogP) is 1.53. The first kappa shape index (κ1) is 13.0. The summed E-state index contributed by atoms with van der Waals surface area (Å²) in [5, 5.41) is -1.27. The van der Waals surface area contributed by atoms with E-state index in [0.717, 1.165) is 0 Å². The Morgan fingerprint density at radius 2 is 2.14 bits per heavy atom. The minimum atomic E-state index is -1.27. The molecular weight excluding hydrogens is 204 g/mol. The van der Waals surface area contributed by atoms with Crippen molar-refractivity contribution in [3.8, 4) is 12.3 Å². The van der Waals surface area contributed by atoms with E-state index in [1.165, 1.54) is 6.92 Å². The van der Waals surface area contributed by atoms with Gasteiger partial charge in [0.2, 0.25) is 0 Å². The largest absolute Gasteiger partial charge is 0.445 e. The highest BCUT2D eigenvalue weighted by Gasteiger charge is 2.30. The van der Waals surface area contributed by atoms with Crippen molar-refractivity contribution in [1.82, 2.24) is 0 Å². The molecule has 0 radical (unpaired) electrons. The van der Waals surface area contributed by atoms with Crippen LogP contribution in [0, 0.1) is 12.3 Å². The second-order valence-corrected chi connectivity index (χ2v) is 3.56. The normalized spacial score (nSPS) is 16.2. The van der Waals surface area contributed by atoms with E-state index in [0.29, 0.717) is 6.42 Å². The average molecular weight is 217 g/mol. The van der Waals surface area contributed by atoms with E-state index in [2.05, 4.69) is 5.92 Å². The Labute approximate surface area is 88.8 Å². The van der Waals surface area contributed by atoms with Crippen LogP contribution < -0.4 is 0 Å². The lowest BCUT2D eigenvalue weighted by Gasteiger charge is -2.22. The zero-order valence-electron chi connectivity index (χ0n) is 8.46. The molecule has 2 atom stereocenters. The van der Waals surface area contributed by atoms with Crippen LogP contribution in [-0.4, -0.2) is 22.7 Å². The minimum Gasteiger partial charge on any atom is -0.445 e. The number of ether oxygens (including phenoxy) is 1. The summed E-state index contributed by atoms with van der Waals surface area (Å²) in [6.45, 7) is 4.59. The molecule has 0 fully saturated rings. The van der Waals surface area contributed by atoms with Gasteiger partial charge in [-0.3, -0.25) is 4.79 Å². The number of Topliss-reactive ketones (excluding diaryl/α,β-unsaturated/α-hetero) is 1. The number of carbonyl (C=O) groups excluding carboxylic acids is 2. The molecule has 0 aromatic heterocycles. The van der Waals surface area contributed by atoms with E-state index in [1.54, 1.807) is 13.8 Å². The molecule has 0 saturated heterocycles. The molecule has 0 amide bonds. The summed E-state index contributed by atoms with van der Waals surface area (Å²) in [6.07, 6.45) is 5.66. The van der Waals surface area contributed by atoms with E-state index in [-0.39, 0.29) is 0 Å². The van der Waals surface area contributed by atoms with Gasteiger partial charge in [-0.15, -0.1) is 18.0 Å². The molecule has 0 aliphatic carbocycles. The zero-order chi connectivity index (χ0) is 11.4. The number of terminal acetylenes is 1. The maximum absolute atomic E-state index is 11.2. The zero-order valence-corrected chi connectivity index (χ0v) is 9.22. The highest BCUT2D eigenvalue weighted by Crippen LogP contribution is 2.16. The molecule has 78 valence electrons. The highest BCUT2D eigenvalue weighted by atomic mass is 35.5. The number of carbonyl (C=O) groups is 2. The number of ketones is 1. The van der Waals surface area contributed by atoms with Crippen molar-refractivity contribution >= 4 is 23.4 Å². The van der Waals surface area contributed by atoms with Crippen LogP contribution in [0.4, 0.5) is 0 Å². The summed E-state index contributed by atoms with van der Waals surface area (Å²) >= 11 is 5.49. The molecule has 0 heterocycles. The second-order valence-electron chi connectivity index (χ2n) is 3.12. The van der Waals surface area contributed by atoms with Crippen molar-refractivity contribution in [2.24, 2.45) is 0 Å². The Morgan fingerprint density at radius 1 is 1.64 bits per heavy atom. The van der Waals surface area contributed by atoms with E-state index in [9.17, 15) is 9.59 Å². The number of rotatable bonds is 4. The van der Waals surface area contributed by atoms with Gasteiger partial charge in [0.05, 0.1) is 0 Å². The van der Waals surface area contributed by atoms with Gasteiger partial charge in [0.15, 0.2) is 16.8 Å². The third-order valence-electron chi connectivity index (χ3n) is 1.87. The van der Waals surface area contributed by atoms with E-state index < -0.39 is 22.7 Å². The van der Waals surface area contributed by atoms with Crippen LogP contribution in [0.5, 0.6) is 0 Å². The van der Waals surface area contributed by atoms with Crippen LogP contribution in [0.3, 0.4) is 0 Å². The van der Waals surface area contributed by atoms with Gasteiger partial charge < -0.3 is 4.74 Å². The van der Waals surface area contributed by atoms with Crippen LogP contribution in [0.15, 0.2) is 0 Å². The van der Waals surface area contributed by atoms with Crippen molar-refractivity contribution < 1.29 is 14.3 Å². The SMILES string of the molecule is C#CC(C)(CC)OC(=O)C(Cl)C(C)=O. The van der Waals surface area contributed by atoms with Crippen LogP contribution in [0.1, 0.15) is 27.2 Å². The lowest BCUT2D eigenvalue weighted by Crippen LogP contribution is -2.35. The molecule has 0 aromatic carbocycles. The van der Waals surface area contributed by atoms with Gasteiger partial charge in [-0.2, -0.15) is 0 Å². The third kappa shape index (κ3) is 3.39. The number of alkyl halides is 1. The van der Waals surface area contributed by atoms with Gasteiger partial charge in [-0.25, -0.2) is 4.79 Å². The Balaban J connectivity index is 4.47. The lowest BCUT2D eigenvalue weighted by molar-refractivity contribution is -0.154. The molecule has 0 aliphatic heterocycles. The maximum Gasteiger partial charge on any atom is 0.333 e. The van der Waals surface area contributed by atoms with Gasteiger partial charge in [0.25, 0.3) is 0 Å². The van der Waals surface area contributed by atoms with E-state index >= 15 is 0 Å². The molecule has 3 nitrogen and oxygen atoms in total. The Kier molecular flexibility index (Phi) is 4.65. The van der Waals surface area contributed by atoms with Crippen molar-refractivity contribution in [1.29, 1.82) is 0 Å². The lowest BCUT2D eigenvalue weighted by atomic mass is 10.1. The first-order chi connectivity index (χ1) is 6.36. The molecule has 0 bridgehead atoms. The molecule has 4 heteroatoms. The summed E-state index contributed by atoms with van der Waals surface area (Å²) in [5.74, 6) is 1.10. The van der Waals surface area contributed by atoms with Crippen molar-refractivity contribution in [3.05, 3.63) is 0 Å². The molecule has 0 spiro atoms. The van der Waals surface area contributed by atoms with Gasteiger partial charge in [-0.05, 0) is 20.3 Å². The standard InChI is InChI=1S/C10H13ClO3/c1-5-10(4,6-2)14-9(13)8(11)7(3)12/h1,8H,6H2,2-4H3. The summed E-state index contributed by atoms with van der Waals surface area (Å²) in [4.78, 5) is 22.0. The predicted molar refractivity (Wildman–Crippen MR) is 53.9 cm³/mol. The Bertz CT molecular complexity index is 280. The smallest absolute Gasteiger partial charge is 0.333 e. The molecule has 0 aromatic rings. The number of hydrogen-bond acceptors (Lipinski definition) is 3. The van der Waals surface area contributed by atoms with Crippen LogP contribution in [0.25, 0.3) is 0 Å². The number of hydrogen-bond donors (Lipinski definition) is 0. The monoisotopic (exact) mass is 216 g/mol. The fourth-order valence-corrected chi connectivity index (χ4v) is 0.688. The first-order valence-electron chi connectivity index (χ1n) is 4.21. The summed E-state index contributed by atoms with van der Waals surface area (Å²) in [5.41, 5.74) is -0.986. The van der Waals surface area contributed by atoms with Crippen LogP contribution in [-0.2, 0) is 14.3 Å². The molecule has 0 saturated carbocycles. The summed E-state index contributed by atoms with van der Waals surface area (Å²) in [6, 6.07) is 0. The Morgan fingerprint density at radius 3 is 2.43 bits per heavy atom. The number of halogens is 1. The van der Waals surface area contributed by atoms with Crippen LogP contribution >= 0.6 is 11.6 Å². The molecule has 0 N–H and O–H groups in total. The molecule has 2 unspecified atom stereocenters. The van der Waals surface area contributed by atoms with Crippen LogP contribution in [0.2, 0.25) is 0 Å². The van der Waals surface area contributed by atoms with E-state index in [1.807, 2.05) is 0 Å². The fourth-order valence-electron chi connectivity index (χ4n) is 0.643. The summed E-state index contributed by atoms with van der Waals surface area (Å²) in [7, 11) is 0. The molecular formula is C10H13ClO3. The molecule has 0 rings (SSSR count). The summed E-state index contributed by atoms with van der Waals surface area (Å²) < 4.78 is 4.93. The number of esters is 1. The fraction of sp³-hybridized carbons (Fsp3) is 0.600. The topological polar surface area (TPSA) is 43.4 Å². The third-order valence-corrected chi connectivity index (χ3v) is 2.36. The molecule has 14 heavy (non-hydrogen) atoms. The van der Waals surface area contributed by atoms with Crippen molar-refractivity contribution in [2.45, 2.75) is 38.2 Å². The molecule has 0 aliphatic rings.